The third-order valence-corrected chi connectivity index (χ3v) is 4.33. The zero-order valence-corrected chi connectivity index (χ0v) is 14.0. The number of hydrogen-bond acceptors (Lipinski definition) is 3. The van der Waals surface area contributed by atoms with E-state index in [1.807, 2.05) is 36.4 Å². The molecule has 2 aromatic carbocycles. The highest BCUT2D eigenvalue weighted by molar-refractivity contribution is 9.10. The van der Waals surface area contributed by atoms with Crippen LogP contribution in [0.5, 0.6) is 5.88 Å². The fraction of sp³-hybridized carbons (Fsp3) is 0. The molecule has 2 N–H and O–H groups in total. The van der Waals surface area contributed by atoms with Gasteiger partial charge in [-0.2, -0.15) is 0 Å². The quantitative estimate of drug-likeness (QED) is 0.706. The normalized spacial score (nSPS) is 14.3. The first-order valence-electron chi connectivity index (χ1n) is 7.28. The van der Waals surface area contributed by atoms with Gasteiger partial charge in [0.25, 0.3) is 5.56 Å². The lowest BCUT2D eigenvalue weighted by molar-refractivity contribution is 0.432. The second kappa shape index (κ2) is 5.65. The smallest absolute Gasteiger partial charge is 0.275 e. The molecule has 24 heavy (non-hydrogen) atoms. The van der Waals surface area contributed by atoms with Gasteiger partial charge in [-0.3, -0.25) is 14.9 Å². The van der Waals surface area contributed by atoms with Crippen LogP contribution in [0, 0.1) is 0 Å². The van der Waals surface area contributed by atoms with Crippen LogP contribution in [0.25, 0.3) is 17.3 Å². The van der Waals surface area contributed by atoms with Gasteiger partial charge in [-0.25, -0.2) is 4.68 Å². The number of aromatic amines is 1. The first-order valence-corrected chi connectivity index (χ1v) is 8.08. The van der Waals surface area contributed by atoms with Gasteiger partial charge in [-0.15, -0.1) is 0 Å². The molecule has 1 aromatic heterocycles. The van der Waals surface area contributed by atoms with E-state index in [1.165, 1.54) is 4.68 Å². The Morgan fingerprint density at radius 3 is 2.83 bits per heavy atom. The van der Waals surface area contributed by atoms with E-state index in [-0.39, 0.29) is 17.0 Å². The van der Waals surface area contributed by atoms with Gasteiger partial charge in [0.05, 0.1) is 11.4 Å². The number of hydrogen-bond donors (Lipinski definition) is 2. The number of para-hydroxylation sites is 1. The SMILES string of the molecule is O=c1[nH]n(-c2cccc(Br)c2)c(O)c1C=C1C=Nc2ccccc21. The average molecular weight is 382 g/mol. The Balaban J connectivity index is 1.83. The molecule has 2 heterocycles. The Morgan fingerprint density at radius 1 is 1.17 bits per heavy atom. The van der Waals surface area contributed by atoms with Crippen LogP contribution >= 0.6 is 15.9 Å². The fourth-order valence-corrected chi connectivity index (χ4v) is 3.07. The van der Waals surface area contributed by atoms with E-state index in [0.717, 1.165) is 21.3 Å². The van der Waals surface area contributed by atoms with E-state index in [1.54, 1.807) is 24.4 Å². The Labute approximate surface area is 145 Å². The van der Waals surface area contributed by atoms with Crippen molar-refractivity contribution >= 4 is 39.5 Å². The van der Waals surface area contributed by atoms with Crippen molar-refractivity contribution in [3.63, 3.8) is 0 Å². The second-order valence-corrected chi connectivity index (χ2v) is 6.28. The standard InChI is InChI=1S/C18H12BrN3O2/c19-12-4-3-5-13(9-12)22-18(24)15(17(23)21-22)8-11-10-20-16-7-2-1-6-14(11)16/h1-10,24H,(H,21,23). The summed E-state index contributed by atoms with van der Waals surface area (Å²) in [5, 5.41) is 13.1. The van der Waals surface area contributed by atoms with Crippen molar-refractivity contribution in [1.29, 1.82) is 0 Å². The molecule has 118 valence electrons. The molecule has 5 nitrogen and oxygen atoms in total. The minimum atomic E-state index is -0.363. The van der Waals surface area contributed by atoms with Gasteiger partial charge >= 0.3 is 0 Å². The minimum Gasteiger partial charge on any atom is -0.493 e. The van der Waals surface area contributed by atoms with Crippen LogP contribution in [-0.2, 0) is 0 Å². The lowest BCUT2D eigenvalue weighted by atomic mass is 10.1. The summed E-state index contributed by atoms with van der Waals surface area (Å²) < 4.78 is 2.21. The Kier molecular flexibility index (Phi) is 3.46. The fourth-order valence-electron chi connectivity index (χ4n) is 2.68. The van der Waals surface area contributed by atoms with Gasteiger partial charge in [-0.05, 0) is 30.3 Å². The predicted molar refractivity (Wildman–Crippen MR) is 98.2 cm³/mol. The highest BCUT2D eigenvalue weighted by atomic mass is 79.9. The summed E-state index contributed by atoms with van der Waals surface area (Å²) in [5.41, 5.74) is 3.07. The number of aromatic nitrogens is 2. The molecule has 0 saturated heterocycles. The van der Waals surface area contributed by atoms with Gasteiger partial charge in [0.2, 0.25) is 5.88 Å². The number of halogens is 1. The van der Waals surface area contributed by atoms with Crippen LogP contribution in [0.3, 0.4) is 0 Å². The van der Waals surface area contributed by atoms with Crippen molar-refractivity contribution in [3.05, 3.63) is 74.5 Å². The van der Waals surface area contributed by atoms with Crippen LogP contribution < -0.4 is 5.56 Å². The number of nitrogens with zero attached hydrogens (tertiary/aromatic N) is 2. The summed E-state index contributed by atoms with van der Waals surface area (Å²) in [6.07, 6.45) is 3.35. The molecule has 3 aromatic rings. The third kappa shape index (κ3) is 2.41. The van der Waals surface area contributed by atoms with Gasteiger partial charge in [0.1, 0.15) is 5.56 Å². The third-order valence-electron chi connectivity index (χ3n) is 3.83. The van der Waals surface area contributed by atoms with Crippen LogP contribution in [0.15, 0.2) is 62.8 Å². The Hall–Kier alpha value is -2.86. The van der Waals surface area contributed by atoms with Crippen molar-refractivity contribution in [2.24, 2.45) is 4.99 Å². The van der Waals surface area contributed by atoms with Crippen molar-refractivity contribution in [2.45, 2.75) is 0 Å². The van der Waals surface area contributed by atoms with E-state index in [9.17, 15) is 9.90 Å². The number of nitrogens with one attached hydrogen (secondary N) is 1. The van der Waals surface area contributed by atoms with E-state index < -0.39 is 0 Å². The molecule has 0 bridgehead atoms. The van der Waals surface area contributed by atoms with E-state index in [4.69, 9.17) is 0 Å². The van der Waals surface area contributed by atoms with Gasteiger partial charge in [0.15, 0.2) is 0 Å². The first kappa shape index (κ1) is 14.7. The minimum absolute atomic E-state index is 0.136. The summed E-state index contributed by atoms with van der Waals surface area (Å²) in [4.78, 5) is 16.6. The number of allylic oxidation sites excluding steroid dienone is 1. The zero-order valence-electron chi connectivity index (χ0n) is 12.4. The molecule has 0 aliphatic carbocycles. The van der Waals surface area contributed by atoms with Crippen molar-refractivity contribution in [1.82, 2.24) is 9.78 Å². The largest absolute Gasteiger partial charge is 0.493 e. The molecule has 0 radical (unpaired) electrons. The maximum Gasteiger partial charge on any atom is 0.275 e. The second-order valence-electron chi connectivity index (χ2n) is 5.37. The highest BCUT2D eigenvalue weighted by Gasteiger charge is 2.17. The molecule has 6 heteroatoms. The number of rotatable bonds is 2. The molecule has 0 spiro atoms. The van der Waals surface area contributed by atoms with Crippen LogP contribution in [-0.4, -0.2) is 21.1 Å². The lowest BCUT2D eigenvalue weighted by Crippen LogP contribution is -2.05. The molecule has 1 aliphatic heterocycles. The van der Waals surface area contributed by atoms with Gasteiger partial charge in [-0.1, -0.05) is 40.2 Å². The topological polar surface area (TPSA) is 70.4 Å². The molecule has 0 unspecified atom stereocenters. The van der Waals surface area contributed by atoms with Crippen molar-refractivity contribution in [3.8, 4) is 11.6 Å². The van der Waals surface area contributed by atoms with Crippen LogP contribution in [0.2, 0.25) is 0 Å². The summed E-state index contributed by atoms with van der Waals surface area (Å²) >= 11 is 3.38. The maximum atomic E-state index is 12.3. The summed E-state index contributed by atoms with van der Waals surface area (Å²) in [6.45, 7) is 0. The summed E-state index contributed by atoms with van der Waals surface area (Å²) in [5.74, 6) is -0.136. The number of aliphatic imine (C=N–C) groups is 1. The molecular weight excluding hydrogens is 370 g/mol. The first-order chi connectivity index (χ1) is 11.6. The molecule has 0 amide bonds. The van der Waals surface area contributed by atoms with E-state index in [2.05, 4.69) is 26.0 Å². The molecular formula is C18H12BrN3O2. The van der Waals surface area contributed by atoms with Crippen molar-refractivity contribution < 1.29 is 5.11 Å². The van der Waals surface area contributed by atoms with Gasteiger partial charge < -0.3 is 5.11 Å². The zero-order chi connectivity index (χ0) is 16.7. The number of H-pyrrole nitrogens is 1. The summed E-state index contributed by atoms with van der Waals surface area (Å²) in [6, 6.07) is 15.0. The average Bonchev–Trinajstić information content (AvgIpc) is 3.11. The molecule has 0 fully saturated rings. The number of fused-ring (bicyclic) bond motifs is 1. The van der Waals surface area contributed by atoms with E-state index in [0.29, 0.717) is 5.69 Å². The van der Waals surface area contributed by atoms with Crippen LogP contribution in [0.4, 0.5) is 5.69 Å². The van der Waals surface area contributed by atoms with Gasteiger partial charge in [0, 0.05) is 21.8 Å². The monoisotopic (exact) mass is 381 g/mol. The predicted octanol–water partition coefficient (Wildman–Crippen LogP) is 3.89. The number of benzene rings is 2. The molecule has 1 aliphatic rings. The lowest BCUT2D eigenvalue weighted by Gasteiger charge is -2.04. The number of aromatic hydroxyl groups is 1. The van der Waals surface area contributed by atoms with Crippen LogP contribution in [0.1, 0.15) is 11.1 Å². The Bertz CT molecular complexity index is 1060. The molecule has 4 rings (SSSR count). The molecule has 0 saturated carbocycles. The van der Waals surface area contributed by atoms with E-state index >= 15 is 0 Å². The van der Waals surface area contributed by atoms with Crippen molar-refractivity contribution in [2.75, 3.05) is 0 Å². The molecule has 0 atom stereocenters. The summed E-state index contributed by atoms with van der Waals surface area (Å²) in [7, 11) is 0. The highest BCUT2D eigenvalue weighted by Crippen LogP contribution is 2.33. The Morgan fingerprint density at radius 2 is 2.00 bits per heavy atom. The maximum absolute atomic E-state index is 12.3.